The molecule has 0 spiro atoms. The second kappa shape index (κ2) is 2.33. The maximum Gasteiger partial charge on any atom is 0.225 e. The molecule has 0 amide bonds. The summed E-state index contributed by atoms with van der Waals surface area (Å²) in [7, 11) is 0. The smallest absolute Gasteiger partial charge is 0.225 e. The molecule has 1 aliphatic carbocycles. The molecule has 0 saturated heterocycles. The van der Waals surface area contributed by atoms with Crippen LogP contribution in [0, 0.1) is 0 Å². The average molecular weight is 166 g/mol. The Morgan fingerprint density at radius 1 is 1.58 bits per heavy atom. The van der Waals surface area contributed by atoms with Crippen LogP contribution in [-0.4, -0.2) is 10.9 Å². The van der Waals surface area contributed by atoms with Crippen LogP contribution in [0.5, 0.6) is 0 Å². The van der Waals surface area contributed by atoms with E-state index in [2.05, 4.69) is 5.16 Å². The number of nitrogen functional groups attached to an aromatic ring is 1. The molecule has 4 heteroatoms. The maximum absolute atomic E-state index is 11.2. The van der Waals surface area contributed by atoms with Gasteiger partial charge in [0.25, 0.3) is 0 Å². The van der Waals surface area contributed by atoms with Crippen molar-refractivity contribution in [3.63, 3.8) is 0 Å². The quantitative estimate of drug-likeness (QED) is 0.621. The molecule has 1 aromatic heterocycles. The van der Waals surface area contributed by atoms with Gasteiger partial charge in [0.2, 0.25) is 5.88 Å². The molecule has 0 bridgehead atoms. The third kappa shape index (κ3) is 0.841. The van der Waals surface area contributed by atoms with E-state index in [0.717, 1.165) is 11.3 Å². The summed E-state index contributed by atoms with van der Waals surface area (Å²) in [6.45, 7) is 1.84. The molecule has 12 heavy (non-hydrogen) atoms. The Morgan fingerprint density at radius 2 is 2.33 bits per heavy atom. The van der Waals surface area contributed by atoms with Crippen LogP contribution in [0.2, 0.25) is 0 Å². The van der Waals surface area contributed by atoms with Gasteiger partial charge >= 0.3 is 0 Å². The number of carbonyl (C=O) groups excluding carboxylic acids is 1. The number of rotatable bonds is 0. The van der Waals surface area contributed by atoms with Crippen molar-refractivity contribution in [3.05, 3.63) is 11.3 Å². The molecular weight excluding hydrogens is 156 g/mol. The Kier molecular flexibility index (Phi) is 1.43. The molecule has 1 atom stereocenters. The van der Waals surface area contributed by atoms with E-state index in [-0.39, 0.29) is 11.7 Å². The largest absolute Gasteiger partial charge is 0.367 e. The van der Waals surface area contributed by atoms with Crippen molar-refractivity contribution in [1.29, 1.82) is 0 Å². The predicted molar refractivity (Wildman–Crippen MR) is 42.7 cm³/mol. The van der Waals surface area contributed by atoms with Gasteiger partial charge < -0.3 is 10.3 Å². The number of Topliss-reactive ketones (excluding diaryl/α,β-unsaturated/α-hetero) is 1. The van der Waals surface area contributed by atoms with Crippen LogP contribution in [0.15, 0.2) is 4.52 Å². The Morgan fingerprint density at radius 3 is 3.08 bits per heavy atom. The number of hydrogen-bond acceptors (Lipinski definition) is 4. The maximum atomic E-state index is 11.2. The van der Waals surface area contributed by atoms with Crippen molar-refractivity contribution in [2.75, 3.05) is 5.73 Å². The number of nitrogens with two attached hydrogens (primary N) is 1. The van der Waals surface area contributed by atoms with Gasteiger partial charge in [0.05, 0.1) is 11.6 Å². The van der Waals surface area contributed by atoms with Gasteiger partial charge in [-0.2, -0.15) is 0 Å². The van der Waals surface area contributed by atoms with Gasteiger partial charge in [0.1, 0.15) is 5.78 Å². The third-order valence-corrected chi connectivity index (χ3v) is 2.36. The fourth-order valence-electron chi connectivity index (χ4n) is 1.54. The number of fused-ring (bicyclic) bond motifs is 1. The summed E-state index contributed by atoms with van der Waals surface area (Å²) in [5, 5.41) is 3.77. The second-order valence-corrected chi connectivity index (χ2v) is 3.10. The number of ketones is 1. The molecule has 1 aromatic rings. The molecule has 1 heterocycles. The van der Waals surface area contributed by atoms with Crippen LogP contribution in [0.4, 0.5) is 5.88 Å². The Labute approximate surface area is 69.7 Å². The predicted octanol–water partition coefficient (Wildman–Crippen LogP) is 0.876. The van der Waals surface area contributed by atoms with E-state index < -0.39 is 0 Å². The molecule has 0 fully saturated rings. The standard InChI is InChI=1S/C8H10N2O2/c1-4-6(11)3-2-5-7(4)10-12-8(5)9/h4H,2-3,9H2,1H3. The van der Waals surface area contributed by atoms with Gasteiger partial charge in [0.15, 0.2) is 0 Å². The summed E-state index contributed by atoms with van der Waals surface area (Å²) >= 11 is 0. The lowest BCUT2D eigenvalue weighted by Crippen LogP contribution is -2.17. The summed E-state index contributed by atoms with van der Waals surface area (Å²) < 4.78 is 4.81. The highest BCUT2D eigenvalue weighted by molar-refractivity contribution is 5.87. The fourth-order valence-corrected chi connectivity index (χ4v) is 1.54. The van der Waals surface area contributed by atoms with Crippen molar-refractivity contribution < 1.29 is 9.32 Å². The van der Waals surface area contributed by atoms with Crippen LogP contribution in [-0.2, 0) is 11.2 Å². The lowest BCUT2D eigenvalue weighted by Gasteiger charge is -2.14. The van der Waals surface area contributed by atoms with Gasteiger partial charge in [-0.3, -0.25) is 4.79 Å². The van der Waals surface area contributed by atoms with Gasteiger partial charge in [-0.15, -0.1) is 0 Å². The average Bonchev–Trinajstić information content (AvgIpc) is 2.41. The number of hydrogen-bond donors (Lipinski definition) is 1. The van der Waals surface area contributed by atoms with E-state index >= 15 is 0 Å². The van der Waals surface area contributed by atoms with E-state index in [1.54, 1.807) is 0 Å². The number of carbonyl (C=O) groups is 1. The highest BCUT2D eigenvalue weighted by atomic mass is 16.5. The zero-order valence-electron chi connectivity index (χ0n) is 6.83. The zero-order chi connectivity index (χ0) is 8.72. The van der Waals surface area contributed by atoms with Crippen LogP contribution in [0.1, 0.15) is 30.5 Å². The summed E-state index contributed by atoms with van der Waals surface area (Å²) in [5.41, 5.74) is 7.17. The van der Waals surface area contributed by atoms with Gasteiger partial charge in [-0.1, -0.05) is 5.16 Å². The van der Waals surface area contributed by atoms with Crippen molar-refractivity contribution in [3.8, 4) is 0 Å². The molecule has 0 aromatic carbocycles. The minimum absolute atomic E-state index is 0.144. The molecule has 0 radical (unpaired) electrons. The van der Waals surface area contributed by atoms with Crippen molar-refractivity contribution in [2.45, 2.75) is 25.7 Å². The molecule has 2 N–H and O–H groups in total. The topological polar surface area (TPSA) is 69.1 Å². The molecule has 2 rings (SSSR count). The molecule has 0 aliphatic heterocycles. The summed E-state index contributed by atoms with van der Waals surface area (Å²) in [6.07, 6.45) is 1.23. The molecule has 0 saturated carbocycles. The highest BCUT2D eigenvalue weighted by Crippen LogP contribution is 2.31. The van der Waals surface area contributed by atoms with Crippen LogP contribution in [0.3, 0.4) is 0 Å². The van der Waals surface area contributed by atoms with E-state index in [9.17, 15) is 4.79 Å². The minimum Gasteiger partial charge on any atom is -0.367 e. The number of aromatic nitrogens is 1. The first-order valence-corrected chi connectivity index (χ1v) is 3.96. The van der Waals surface area contributed by atoms with E-state index in [1.807, 2.05) is 6.92 Å². The highest BCUT2D eigenvalue weighted by Gasteiger charge is 2.29. The lowest BCUT2D eigenvalue weighted by atomic mass is 9.88. The van der Waals surface area contributed by atoms with Gasteiger partial charge in [-0.05, 0) is 13.3 Å². The molecule has 1 aliphatic rings. The van der Waals surface area contributed by atoms with Gasteiger partial charge in [-0.25, -0.2) is 0 Å². The van der Waals surface area contributed by atoms with E-state index in [1.165, 1.54) is 0 Å². The van der Waals surface area contributed by atoms with Crippen molar-refractivity contribution in [1.82, 2.24) is 5.16 Å². The van der Waals surface area contributed by atoms with Crippen molar-refractivity contribution >= 4 is 11.7 Å². The van der Waals surface area contributed by atoms with Crippen LogP contribution in [0.25, 0.3) is 0 Å². The van der Waals surface area contributed by atoms with Crippen molar-refractivity contribution in [2.24, 2.45) is 0 Å². The fraction of sp³-hybridized carbons (Fsp3) is 0.500. The molecule has 4 nitrogen and oxygen atoms in total. The number of anilines is 1. The first-order valence-electron chi connectivity index (χ1n) is 3.96. The summed E-state index contributed by atoms with van der Waals surface area (Å²) in [6, 6.07) is 0. The normalized spacial score (nSPS) is 22.4. The first-order chi connectivity index (χ1) is 5.70. The summed E-state index contributed by atoms with van der Waals surface area (Å²) in [5.74, 6) is 0.440. The lowest BCUT2D eigenvalue weighted by molar-refractivity contribution is -0.120. The Hall–Kier alpha value is -1.32. The van der Waals surface area contributed by atoms with E-state index in [4.69, 9.17) is 10.3 Å². The third-order valence-electron chi connectivity index (χ3n) is 2.36. The van der Waals surface area contributed by atoms with Crippen LogP contribution >= 0.6 is 0 Å². The van der Waals surface area contributed by atoms with Gasteiger partial charge in [0, 0.05) is 12.0 Å². The molecule has 64 valence electrons. The minimum atomic E-state index is -0.144. The Bertz CT molecular complexity index is 330. The van der Waals surface area contributed by atoms with Crippen LogP contribution < -0.4 is 5.73 Å². The summed E-state index contributed by atoms with van der Waals surface area (Å²) in [4.78, 5) is 11.2. The number of nitrogens with zero attached hydrogens (tertiary/aromatic N) is 1. The molecular formula is C8H10N2O2. The zero-order valence-corrected chi connectivity index (χ0v) is 6.83. The second-order valence-electron chi connectivity index (χ2n) is 3.10. The monoisotopic (exact) mass is 166 g/mol. The Balaban J connectivity index is 2.50. The van der Waals surface area contributed by atoms with E-state index in [0.29, 0.717) is 18.7 Å². The first kappa shape index (κ1) is 7.34. The molecule has 1 unspecified atom stereocenters. The SMILES string of the molecule is CC1C(=O)CCc2c1noc2N.